The van der Waals surface area contributed by atoms with E-state index < -0.39 is 0 Å². The Hall–Kier alpha value is -3.01. The summed E-state index contributed by atoms with van der Waals surface area (Å²) in [6, 6.07) is 5.27. The van der Waals surface area contributed by atoms with Gasteiger partial charge in [0.2, 0.25) is 0 Å². The summed E-state index contributed by atoms with van der Waals surface area (Å²) in [4.78, 5) is 12.7. The summed E-state index contributed by atoms with van der Waals surface area (Å²) < 4.78 is 11.0. The Kier molecular flexibility index (Phi) is 6.12. The van der Waals surface area contributed by atoms with Crippen LogP contribution in [0.3, 0.4) is 0 Å². The van der Waals surface area contributed by atoms with E-state index in [1.807, 2.05) is 12.1 Å². The number of carbonyl (C=O) groups is 1. The van der Waals surface area contributed by atoms with Crippen molar-refractivity contribution >= 4 is 5.91 Å². The molecule has 0 spiro atoms. The third-order valence-corrected chi connectivity index (χ3v) is 6.05. The second kappa shape index (κ2) is 8.56. The first-order valence-corrected chi connectivity index (χ1v) is 9.91. The smallest absolute Gasteiger partial charge is 0.287 e. The zero-order chi connectivity index (χ0) is 21.1. The first kappa shape index (κ1) is 20.7. The van der Waals surface area contributed by atoms with Crippen LogP contribution in [0, 0.1) is 34.6 Å². The lowest BCUT2D eigenvalue weighted by molar-refractivity contribution is 0.0907. The second-order valence-electron chi connectivity index (χ2n) is 7.65. The van der Waals surface area contributed by atoms with Gasteiger partial charge < -0.3 is 14.2 Å². The topological polar surface area (TPSA) is 55.4 Å². The minimum absolute atomic E-state index is 0.195. The van der Waals surface area contributed by atoms with Crippen LogP contribution in [0.15, 0.2) is 52.2 Å². The molecule has 2 heterocycles. The molecular weight excluding hydrogens is 362 g/mol. The fraction of sp³-hybridized carbons (Fsp3) is 0.320. The van der Waals surface area contributed by atoms with Gasteiger partial charge in [-0.3, -0.25) is 4.79 Å². The van der Waals surface area contributed by atoms with Crippen LogP contribution in [-0.2, 0) is 6.42 Å². The molecule has 0 aliphatic carbocycles. The molecule has 0 bridgehead atoms. The van der Waals surface area contributed by atoms with Crippen molar-refractivity contribution in [2.75, 3.05) is 0 Å². The van der Waals surface area contributed by atoms with Crippen molar-refractivity contribution in [1.29, 1.82) is 0 Å². The van der Waals surface area contributed by atoms with E-state index in [-0.39, 0.29) is 11.9 Å². The molecule has 29 heavy (non-hydrogen) atoms. The second-order valence-corrected chi connectivity index (χ2v) is 7.65. The van der Waals surface area contributed by atoms with Gasteiger partial charge >= 0.3 is 0 Å². The van der Waals surface area contributed by atoms with Crippen molar-refractivity contribution < 1.29 is 13.6 Å². The third-order valence-electron chi connectivity index (χ3n) is 6.05. The number of hydrogen-bond acceptors (Lipinski definition) is 3. The van der Waals surface area contributed by atoms with E-state index in [4.69, 9.17) is 8.83 Å². The largest absolute Gasteiger partial charge is 0.472 e. The molecule has 0 aliphatic heterocycles. The number of furan rings is 2. The van der Waals surface area contributed by atoms with Crippen molar-refractivity contribution in [3.8, 4) is 0 Å². The van der Waals surface area contributed by atoms with Gasteiger partial charge in [-0.25, -0.2) is 0 Å². The van der Waals surface area contributed by atoms with Gasteiger partial charge in [0.05, 0.1) is 18.6 Å². The van der Waals surface area contributed by atoms with E-state index in [0.717, 1.165) is 11.3 Å². The number of amides is 1. The Morgan fingerprint density at radius 2 is 1.69 bits per heavy atom. The molecule has 2 aromatic heterocycles. The Labute approximate surface area is 172 Å². The predicted molar refractivity (Wildman–Crippen MR) is 115 cm³/mol. The van der Waals surface area contributed by atoms with Crippen molar-refractivity contribution in [3.63, 3.8) is 0 Å². The van der Waals surface area contributed by atoms with Crippen molar-refractivity contribution in [3.05, 3.63) is 93.8 Å². The normalized spacial score (nSPS) is 12.0. The predicted octanol–water partition coefficient (Wildman–Crippen LogP) is 6.05. The molecule has 1 N–H and O–H groups in total. The lowest BCUT2D eigenvalue weighted by Gasteiger charge is -2.18. The summed E-state index contributed by atoms with van der Waals surface area (Å²) in [5, 5.41) is 3.00. The van der Waals surface area contributed by atoms with Crippen molar-refractivity contribution in [2.45, 2.75) is 53.5 Å². The lowest BCUT2D eigenvalue weighted by Crippen LogP contribution is -2.27. The Morgan fingerprint density at radius 3 is 2.28 bits per heavy atom. The van der Waals surface area contributed by atoms with Crippen LogP contribution in [0.2, 0.25) is 0 Å². The Balaban J connectivity index is 1.79. The van der Waals surface area contributed by atoms with Crippen LogP contribution in [0.1, 0.15) is 67.7 Å². The molecule has 1 aromatic carbocycles. The van der Waals surface area contributed by atoms with Gasteiger partial charge in [0.25, 0.3) is 5.91 Å². The highest BCUT2D eigenvalue weighted by Gasteiger charge is 2.19. The molecule has 3 aromatic rings. The van der Waals surface area contributed by atoms with E-state index in [2.05, 4.69) is 46.5 Å². The fourth-order valence-electron chi connectivity index (χ4n) is 3.76. The zero-order valence-electron chi connectivity index (χ0n) is 17.9. The van der Waals surface area contributed by atoms with Crippen LogP contribution >= 0.6 is 0 Å². The molecule has 4 heteroatoms. The summed E-state index contributed by atoms with van der Waals surface area (Å²) in [6.45, 7) is 14.6. The molecule has 0 aliphatic rings. The zero-order valence-corrected chi connectivity index (χ0v) is 17.9. The van der Waals surface area contributed by atoms with Gasteiger partial charge in [-0.05, 0) is 92.6 Å². The average molecular weight is 392 g/mol. The van der Waals surface area contributed by atoms with Crippen LogP contribution in [0.25, 0.3) is 0 Å². The van der Waals surface area contributed by atoms with Gasteiger partial charge in [0.15, 0.2) is 5.76 Å². The average Bonchev–Trinajstić information content (AvgIpc) is 3.40. The van der Waals surface area contributed by atoms with Crippen LogP contribution in [0.5, 0.6) is 0 Å². The summed E-state index contributed by atoms with van der Waals surface area (Å²) >= 11 is 0. The lowest BCUT2D eigenvalue weighted by atomic mass is 9.88. The quantitative estimate of drug-likeness (QED) is 0.499. The third kappa shape index (κ3) is 4.21. The van der Waals surface area contributed by atoms with Gasteiger partial charge in [-0.2, -0.15) is 0 Å². The Bertz CT molecular complexity index is 996. The van der Waals surface area contributed by atoms with Crippen molar-refractivity contribution in [2.24, 2.45) is 0 Å². The Morgan fingerprint density at radius 1 is 1.03 bits per heavy atom. The molecule has 0 radical (unpaired) electrons. The van der Waals surface area contributed by atoms with Gasteiger partial charge in [-0.1, -0.05) is 6.08 Å². The number of hydrogen-bond donors (Lipinski definition) is 1. The summed E-state index contributed by atoms with van der Waals surface area (Å²) in [5.74, 6) is 0.856. The standard InChI is InChI=1S/C25H29NO3/c1-7-8-23(20-11-12-28-14-20)26-25(27)24-10-9-21(29-24)13-22-18(5)16(3)15(2)17(4)19(22)6/h7,9-12,14,23H,1,8,13H2,2-6H3,(H,26,27). The molecule has 1 atom stereocenters. The van der Waals surface area contributed by atoms with E-state index in [0.29, 0.717) is 18.6 Å². The number of carbonyl (C=O) groups excluding carboxylic acids is 1. The number of benzene rings is 1. The number of nitrogens with one attached hydrogen (secondary N) is 1. The highest BCUT2D eigenvalue weighted by molar-refractivity contribution is 5.91. The van der Waals surface area contributed by atoms with Crippen LogP contribution in [0.4, 0.5) is 0 Å². The minimum Gasteiger partial charge on any atom is -0.472 e. The summed E-state index contributed by atoms with van der Waals surface area (Å²) in [5.41, 5.74) is 8.74. The molecule has 1 amide bonds. The van der Waals surface area contributed by atoms with Crippen LogP contribution in [-0.4, -0.2) is 5.91 Å². The minimum atomic E-state index is -0.242. The van der Waals surface area contributed by atoms with Crippen molar-refractivity contribution in [1.82, 2.24) is 5.32 Å². The first-order valence-electron chi connectivity index (χ1n) is 9.91. The maximum atomic E-state index is 12.7. The molecular formula is C25H29NO3. The van der Waals surface area contributed by atoms with E-state index in [9.17, 15) is 4.79 Å². The maximum Gasteiger partial charge on any atom is 0.287 e. The number of rotatable bonds is 7. The monoisotopic (exact) mass is 391 g/mol. The maximum absolute atomic E-state index is 12.7. The molecule has 1 unspecified atom stereocenters. The molecule has 4 nitrogen and oxygen atoms in total. The molecule has 3 rings (SSSR count). The van der Waals surface area contributed by atoms with E-state index >= 15 is 0 Å². The first-order chi connectivity index (χ1) is 13.8. The highest BCUT2D eigenvalue weighted by atomic mass is 16.4. The van der Waals surface area contributed by atoms with E-state index in [1.54, 1.807) is 24.7 Å². The molecule has 0 fully saturated rings. The van der Waals surface area contributed by atoms with Gasteiger partial charge in [0.1, 0.15) is 5.76 Å². The highest BCUT2D eigenvalue weighted by Crippen LogP contribution is 2.28. The van der Waals surface area contributed by atoms with Gasteiger partial charge in [0, 0.05) is 12.0 Å². The summed E-state index contributed by atoms with van der Waals surface area (Å²) in [7, 11) is 0. The summed E-state index contributed by atoms with van der Waals surface area (Å²) in [6.07, 6.45) is 6.29. The van der Waals surface area contributed by atoms with Crippen LogP contribution < -0.4 is 5.32 Å². The molecule has 152 valence electrons. The van der Waals surface area contributed by atoms with Gasteiger partial charge in [-0.15, -0.1) is 6.58 Å². The molecule has 0 saturated heterocycles. The van der Waals surface area contributed by atoms with E-state index in [1.165, 1.54) is 33.4 Å². The molecule has 0 saturated carbocycles. The SMILES string of the molecule is C=CCC(NC(=O)c1ccc(Cc2c(C)c(C)c(C)c(C)c2C)o1)c1ccoc1. The fourth-order valence-corrected chi connectivity index (χ4v) is 3.76.